The van der Waals surface area contributed by atoms with Gasteiger partial charge in [0, 0.05) is 6.54 Å². The standard InChI is InChI=1S/C15H16FNO3S/c1-20-13-8-6-12(7-9-13)10-11-17-21(18,19)15-5-3-2-4-14(15)16/h2-9,17H,10-11H2,1H3. The molecule has 0 unspecified atom stereocenters. The maximum atomic E-state index is 13.5. The van der Waals surface area contributed by atoms with E-state index < -0.39 is 15.8 Å². The fraction of sp³-hybridized carbons (Fsp3) is 0.200. The number of benzene rings is 2. The Balaban J connectivity index is 1.97. The summed E-state index contributed by atoms with van der Waals surface area (Å²) in [4.78, 5) is -0.334. The Hall–Kier alpha value is -1.92. The average Bonchev–Trinajstić information content (AvgIpc) is 2.48. The lowest BCUT2D eigenvalue weighted by atomic mass is 10.1. The van der Waals surface area contributed by atoms with Crippen LogP contribution in [0.25, 0.3) is 0 Å². The van der Waals surface area contributed by atoms with Gasteiger partial charge in [-0.05, 0) is 36.2 Å². The SMILES string of the molecule is COc1ccc(CCNS(=O)(=O)c2ccccc2F)cc1. The minimum absolute atomic E-state index is 0.197. The molecule has 0 aliphatic rings. The highest BCUT2D eigenvalue weighted by atomic mass is 32.2. The Kier molecular flexibility index (Phi) is 4.93. The van der Waals surface area contributed by atoms with E-state index in [1.54, 1.807) is 19.2 Å². The van der Waals surface area contributed by atoms with E-state index in [1.165, 1.54) is 18.2 Å². The first-order valence-electron chi connectivity index (χ1n) is 6.40. The Morgan fingerprint density at radius 1 is 1.10 bits per heavy atom. The number of sulfonamides is 1. The van der Waals surface area contributed by atoms with E-state index in [-0.39, 0.29) is 11.4 Å². The third-order valence-electron chi connectivity index (χ3n) is 2.99. The van der Waals surface area contributed by atoms with Crippen molar-refractivity contribution in [1.82, 2.24) is 4.72 Å². The smallest absolute Gasteiger partial charge is 0.243 e. The maximum absolute atomic E-state index is 13.5. The Morgan fingerprint density at radius 3 is 2.38 bits per heavy atom. The van der Waals surface area contributed by atoms with Crippen LogP contribution in [0.5, 0.6) is 5.75 Å². The highest BCUT2D eigenvalue weighted by Crippen LogP contribution is 2.14. The number of ether oxygens (including phenoxy) is 1. The summed E-state index contributed by atoms with van der Waals surface area (Å²) in [7, 11) is -2.24. The van der Waals surface area contributed by atoms with Crippen LogP contribution in [0.1, 0.15) is 5.56 Å². The summed E-state index contributed by atoms with van der Waals surface area (Å²) in [5.41, 5.74) is 0.965. The van der Waals surface area contributed by atoms with Crippen LogP contribution in [0.2, 0.25) is 0 Å². The number of halogens is 1. The number of rotatable bonds is 6. The summed E-state index contributed by atoms with van der Waals surface area (Å²) in [6.45, 7) is 0.197. The highest BCUT2D eigenvalue weighted by Gasteiger charge is 2.17. The molecule has 0 saturated carbocycles. The molecule has 0 aliphatic carbocycles. The molecule has 0 radical (unpaired) electrons. The molecular weight excluding hydrogens is 293 g/mol. The van der Waals surface area contributed by atoms with Crippen LogP contribution in [0.4, 0.5) is 4.39 Å². The van der Waals surface area contributed by atoms with Crippen molar-refractivity contribution >= 4 is 10.0 Å². The zero-order valence-electron chi connectivity index (χ0n) is 11.5. The minimum atomic E-state index is -3.82. The molecule has 4 nitrogen and oxygen atoms in total. The molecule has 0 aromatic heterocycles. The summed E-state index contributed by atoms with van der Waals surface area (Å²) in [6, 6.07) is 12.6. The topological polar surface area (TPSA) is 55.4 Å². The van der Waals surface area contributed by atoms with Crippen LogP contribution < -0.4 is 9.46 Å². The van der Waals surface area contributed by atoms with Crippen LogP contribution in [0.15, 0.2) is 53.4 Å². The van der Waals surface area contributed by atoms with E-state index in [0.29, 0.717) is 6.42 Å². The lowest BCUT2D eigenvalue weighted by molar-refractivity contribution is 0.414. The summed E-state index contributed by atoms with van der Waals surface area (Å²) in [5.74, 6) is -0.0138. The predicted octanol–water partition coefficient (Wildman–Crippen LogP) is 2.36. The van der Waals surface area contributed by atoms with Crippen LogP contribution >= 0.6 is 0 Å². The van der Waals surface area contributed by atoms with Crippen molar-refractivity contribution in [2.24, 2.45) is 0 Å². The number of hydrogen-bond acceptors (Lipinski definition) is 3. The van der Waals surface area contributed by atoms with Gasteiger partial charge in [0.1, 0.15) is 16.5 Å². The van der Waals surface area contributed by atoms with Crippen molar-refractivity contribution in [1.29, 1.82) is 0 Å². The lowest BCUT2D eigenvalue weighted by Crippen LogP contribution is -2.26. The number of methoxy groups -OCH3 is 1. The van der Waals surface area contributed by atoms with Gasteiger partial charge in [0.15, 0.2) is 0 Å². The molecule has 1 N–H and O–H groups in total. The van der Waals surface area contributed by atoms with Gasteiger partial charge in [0.05, 0.1) is 7.11 Å². The molecule has 0 spiro atoms. The van der Waals surface area contributed by atoms with Crippen molar-refractivity contribution in [3.8, 4) is 5.75 Å². The molecule has 0 aliphatic heterocycles. The van der Waals surface area contributed by atoms with Gasteiger partial charge in [-0.2, -0.15) is 0 Å². The van der Waals surface area contributed by atoms with Crippen LogP contribution in [0, 0.1) is 5.82 Å². The second kappa shape index (κ2) is 6.69. The quantitative estimate of drug-likeness (QED) is 0.891. The molecule has 0 fully saturated rings. The van der Waals surface area contributed by atoms with Gasteiger partial charge in [-0.15, -0.1) is 0 Å². The van der Waals surface area contributed by atoms with Crippen molar-refractivity contribution in [3.05, 3.63) is 59.9 Å². The largest absolute Gasteiger partial charge is 0.497 e. The second-order valence-electron chi connectivity index (χ2n) is 4.43. The third kappa shape index (κ3) is 4.03. The predicted molar refractivity (Wildman–Crippen MR) is 78.3 cm³/mol. The molecule has 0 atom stereocenters. The fourth-order valence-electron chi connectivity index (χ4n) is 1.86. The monoisotopic (exact) mass is 309 g/mol. The molecule has 0 saturated heterocycles. The lowest BCUT2D eigenvalue weighted by Gasteiger charge is -2.08. The van der Waals surface area contributed by atoms with E-state index in [0.717, 1.165) is 17.4 Å². The van der Waals surface area contributed by atoms with Gasteiger partial charge in [0.25, 0.3) is 0 Å². The second-order valence-corrected chi connectivity index (χ2v) is 6.16. The van der Waals surface area contributed by atoms with E-state index in [4.69, 9.17) is 4.74 Å². The van der Waals surface area contributed by atoms with Gasteiger partial charge in [0.2, 0.25) is 10.0 Å². The summed E-state index contributed by atoms with van der Waals surface area (Å²) in [6.07, 6.45) is 0.512. The third-order valence-corrected chi connectivity index (χ3v) is 4.49. The first kappa shape index (κ1) is 15.5. The Bertz CT molecular complexity index is 699. The zero-order chi connectivity index (χ0) is 15.3. The molecule has 2 aromatic carbocycles. The van der Waals surface area contributed by atoms with Gasteiger partial charge >= 0.3 is 0 Å². The average molecular weight is 309 g/mol. The van der Waals surface area contributed by atoms with E-state index in [1.807, 2.05) is 12.1 Å². The molecule has 0 amide bonds. The van der Waals surface area contributed by atoms with Crippen LogP contribution in [-0.4, -0.2) is 22.1 Å². The molecule has 2 aromatic rings. The molecule has 0 heterocycles. The maximum Gasteiger partial charge on any atom is 0.243 e. The van der Waals surface area contributed by atoms with Crippen LogP contribution in [-0.2, 0) is 16.4 Å². The molecule has 2 rings (SSSR count). The number of hydrogen-bond donors (Lipinski definition) is 1. The normalized spacial score (nSPS) is 11.3. The number of nitrogens with one attached hydrogen (secondary N) is 1. The van der Waals surface area contributed by atoms with Crippen molar-refractivity contribution in [2.75, 3.05) is 13.7 Å². The Labute approximate surface area is 123 Å². The van der Waals surface area contributed by atoms with E-state index in [2.05, 4.69) is 4.72 Å². The minimum Gasteiger partial charge on any atom is -0.497 e. The molecular formula is C15H16FNO3S. The van der Waals surface area contributed by atoms with Crippen molar-refractivity contribution in [2.45, 2.75) is 11.3 Å². The first-order chi connectivity index (χ1) is 10.0. The van der Waals surface area contributed by atoms with E-state index >= 15 is 0 Å². The summed E-state index contributed by atoms with van der Waals surface area (Å²) in [5, 5.41) is 0. The van der Waals surface area contributed by atoms with E-state index in [9.17, 15) is 12.8 Å². The molecule has 112 valence electrons. The fourth-order valence-corrected chi connectivity index (χ4v) is 2.97. The van der Waals surface area contributed by atoms with Gasteiger partial charge in [-0.3, -0.25) is 0 Å². The van der Waals surface area contributed by atoms with Crippen molar-refractivity contribution in [3.63, 3.8) is 0 Å². The van der Waals surface area contributed by atoms with Crippen molar-refractivity contribution < 1.29 is 17.5 Å². The molecule has 0 bridgehead atoms. The summed E-state index contributed by atoms with van der Waals surface area (Å²) < 4.78 is 44.9. The van der Waals surface area contributed by atoms with Crippen LogP contribution in [0.3, 0.4) is 0 Å². The summed E-state index contributed by atoms with van der Waals surface area (Å²) >= 11 is 0. The van der Waals surface area contributed by atoms with Gasteiger partial charge in [-0.25, -0.2) is 17.5 Å². The Morgan fingerprint density at radius 2 is 1.76 bits per heavy atom. The molecule has 6 heteroatoms. The molecule has 21 heavy (non-hydrogen) atoms. The zero-order valence-corrected chi connectivity index (χ0v) is 12.4. The first-order valence-corrected chi connectivity index (χ1v) is 7.88. The van der Waals surface area contributed by atoms with Gasteiger partial charge in [-0.1, -0.05) is 24.3 Å². The van der Waals surface area contributed by atoms with Gasteiger partial charge < -0.3 is 4.74 Å². The highest BCUT2D eigenvalue weighted by molar-refractivity contribution is 7.89.